The first kappa shape index (κ1) is 15.1. The average molecular weight is 368 g/mol. The molecule has 0 radical (unpaired) electrons. The van der Waals surface area contributed by atoms with Crippen molar-refractivity contribution in [2.45, 2.75) is 19.0 Å². The first-order chi connectivity index (χ1) is 12.4. The van der Waals surface area contributed by atoms with Crippen molar-refractivity contribution in [1.82, 2.24) is 10.1 Å². The van der Waals surface area contributed by atoms with Gasteiger partial charge >= 0.3 is 0 Å². The normalized spacial score (nSPS) is 17.7. The zero-order valence-corrected chi connectivity index (χ0v) is 15.1. The molecule has 1 aliphatic rings. The largest absolute Gasteiger partial charge is 0.461 e. The zero-order valence-electron chi connectivity index (χ0n) is 13.4. The fourth-order valence-electron chi connectivity index (χ4n) is 3.52. The summed E-state index contributed by atoms with van der Waals surface area (Å²) in [5.74, 6) is 1.46. The Balaban J connectivity index is 1.51. The van der Waals surface area contributed by atoms with Gasteiger partial charge in [0.2, 0.25) is 5.76 Å². The Morgan fingerprint density at radius 1 is 1.16 bits per heavy atom. The first-order valence-electron chi connectivity index (χ1n) is 8.21. The van der Waals surface area contributed by atoms with Crippen LogP contribution in [-0.4, -0.2) is 16.6 Å². The van der Waals surface area contributed by atoms with Crippen molar-refractivity contribution in [1.29, 1.82) is 0 Å². The molecule has 1 atom stereocenters. The Kier molecular flexibility index (Phi) is 3.81. The third kappa shape index (κ3) is 2.66. The number of rotatable bonds is 4. The van der Waals surface area contributed by atoms with E-state index >= 15 is 0 Å². The maximum absolute atomic E-state index is 5.50. The maximum atomic E-state index is 5.50. The molecule has 0 aromatic carbocycles. The van der Waals surface area contributed by atoms with Gasteiger partial charge in [-0.1, -0.05) is 11.2 Å². The second-order valence-electron chi connectivity index (χ2n) is 6.10. The highest BCUT2D eigenvalue weighted by molar-refractivity contribution is 7.10. The molecular weight excluding hydrogens is 352 g/mol. The number of hydrogen-bond donors (Lipinski definition) is 0. The summed E-state index contributed by atoms with van der Waals surface area (Å²) in [5.41, 5.74) is 2.50. The van der Waals surface area contributed by atoms with Crippen LogP contribution in [0.1, 0.15) is 26.9 Å². The second kappa shape index (κ2) is 6.29. The van der Waals surface area contributed by atoms with Crippen LogP contribution < -0.4 is 0 Å². The van der Waals surface area contributed by atoms with Crippen molar-refractivity contribution in [2.75, 3.05) is 6.54 Å². The summed E-state index contributed by atoms with van der Waals surface area (Å²) in [7, 11) is 0. The van der Waals surface area contributed by atoms with E-state index in [2.05, 4.69) is 39.0 Å². The Hall–Kier alpha value is -2.15. The summed E-state index contributed by atoms with van der Waals surface area (Å²) in [4.78, 5) is 5.40. The average Bonchev–Trinajstić information content (AvgIpc) is 3.40. The maximum Gasteiger partial charge on any atom is 0.206 e. The van der Waals surface area contributed by atoms with E-state index in [1.807, 2.05) is 41.0 Å². The van der Waals surface area contributed by atoms with Gasteiger partial charge in [-0.2, -0.15) is 0 Å². The van der Waals surface area contributed by atoms with Crippen molar-refractivity contribution in [2.24, 2.45) is 0 Å². The molecule has 0 N–H and O–H groups in total. The molecule has 0 bridgehead atoms. The predicted molar refractivity (Wildman–Crippen MR) is 98.8 cm³/mol. The third-order valence-electron chi connectivity index (χ3n) is 4.64. The van der Waals surface area contributed by atoms with Crippen LogP contribution >= 0.6 is 22.7 Å². The van der Waals surface area contributed by atoms with E-state index in [9.17, 15) is 0 Å². The van der Waals surface area contributed by atoms with Gasteiger partial charge in [0.1, 0.15) is 0 Å². The number of thiophene rings is 2. The van der Waals surface area contributed by atoms with E-state index in [-0.39, 0.29) is 0 Å². The third-order valence-corrected chi connectivity index (χ3v) is 6.56. The van der Waals surface area contributed by atoms with Gasteiger partial charge in [-0.25, -0.2) is 0 Å². The molecule has 0 amide bonds. The molecule has 0 unspecified atom stereocenters. The van der Waals surface area contributed by atoms with E-state index in [0.717, 1.165) is 36.6 Å². The quantitative estimate of drug-likeness (QED) is 0.496. The zero-order chi connectivity index (χ0) is 16.6. The van der Waals surface area contributed by atoms with Crippen molar-refractivity contribution >= 4 is 22.7 Å². The van der Waals surface area contributed by atoms with E-state index in [1.54, 1.807) is 6.26 Å². The van der Waals surface area contributed by atoms with Crippen molar-refractivity contribution in [3.63, 3.8) is 0 Å². The summed E-state index contributed by atoms with van der Waals surface area (Å²) in [6.07, 6.45) is 4.57. The van der Waals surface area contributed by atoms with Gasteiger partial charge < -0.3 is 8.94 Å². The molecule has 5 rings (SSSR count). The molecule has 1 aliphatic heterocycles. The van der Waals surface area contributed by atoms with Crippen LogP contribution in [0.3, 0.4) is 0 Å². The smallest absolute Gasteiger partial charge is 0.206 e. The summed E-state index contributed by atoms with van der Waals surface area (Å²) in [6, 6.07) is 10.7. The number of aromatic nitrogens is 1. The van der Waals surface area contributed by atoms with E-state index in [0.29, 0.717) is 6.04 Å². The lowest BCUT2D eigenvalue weighted by Gasteiger charge is -2.35. The Morgan fingerprint density at radius 2 is 2.16 bits per heavy atom. The van der Waals surface area contributed by atoms with Gasteiger partial charge in [-0.3, -0.25) is 4.90 Å². The molecular formula is C19H16N2O2S2. The minimum absolute atomic E-state index is 0.300. The van der Waals surface area contributed by atoms with Crippen molar-refractivity contribution in [3.8, 4) is 11.5 Å². The van der Waals surface area contributed by atoms with Gasteiger partial charge in [-0.05, 0) is 47.0 Å². The summed E-state index contributed by atoms with van der Waals surface area (Å²) >= 11 is 3.69. The van der Waals surface area contributed by atoms with Crippen LogP contribution in [0.15, 0.2) is 62.5 Å². The molecule has 0 saturated heterocycles. The van der Waals surface area contributed by atoms with E-state index in [4.69, 9.17) is 8.94 Å². The van der Waals surface area contributed by atoms with Crippen LogP contribution in [0.5, 0.6) is 0 Å². The minimum atomic E-state index is 0.300. The number of nitrogens with zero attached hydrogens (tertiary/aromatic N) is 2. The summed E-state index contributed by atoms with van der Waals surface area (Å²) in [5, 5.41) is 8.37. The molecule has 5 heterocycles. The Bertz CT molecular complexity index is 954. The molecule has 0 fully saturated rings. The molecule has 0 saturated carbocycles. The van der Waals surface area contributed by atoms with Gasteiger partial charge in [0.25, 0.3) is 0 Å². The first-order valence-corrected chi connectivity index (χ1v) is 9.97. The van der Waals surface area contributed by atoms with Crippen molar-refractivity contribution < 1.29 is 8.94 Å². The molecule has 4 nitrogen and oxygen atoms in total. The van der Waals surface area contributed by atoms with Gasteiger partial charge in [0.15, 0.2) is 5.76 Å². The Morgan fingerprint density at radius 3 is 3.00 bits per heavy atom. The van der Waals surface area contributed by atoms with E-state index in [1.165, 1.54) is 15.3 Å². The van der Waals surface area contributed by atoms with Crippen LogP contribution in [0, 0.1) is 0 Å². The van der Waals surface area contributed by atoms with E-state index < -0.39 is 0 Å². The monoisotopic (exact) mass is 368 g/mol. The SMILES string of the molecule is c1coc(-c2oncc2CN2CCc3sccc3[C@H]2c2cccs2)c1. The molecule has 25 heavy (non-hydrogen) atoms. The fourth-order valence-corrected chi connectivity index (χ4v) is 5.30. The molecule has 0 spiro atoms. The summed E-state index contributed by atoms with van der Waals surface area (Å²) in [6.45, 7) is 1.82. The number of furan rings is 1. The van der Waals surface area contributed by atoms with Crippen molar-refractivity contribution in [3.05, 3.63) is 74.4 Å². The van der Waals surface area contributed by atoms with Gasteiger partial charge in [0.05, 0.1) is 18.5 Å². The van der Waals surface area contributed by atoms with Crippen LogP contribution in [0.4, 0.5) is 0 Å². The lowest BCUT2D eigenvalue weighted by Crippen LogP contribution is -2.34. The fraction of sp³-hybridized carbons (Fsp3) is 0.211. The molecule has 6 heteroatoms. The predicted octanol–water partition coefficient (Wildman–Crippen LogP) is 5.21. The van der Waals surface area contributed by atoms with Gasteiger partial charge in [0, 0.05) is 28.4 Å². The van der Waals surface area contributed by atoms with Crippen LogP contribution in [0.2, 0.25) is 0 Å². The lowest BCUT2D eigenvalue weighted by molar-refractivity contribution is 0.208. The van der Waals surface area contributed by atoms with Crippen LogP contribution in [-0.2, 0) is 13.0 Å². The minimum Gasteiger partial charge on any atom is -0.461 e. The molecule has 4 aromatic rings. The van der Waals surface area contributed by atoms with Crippen LogP contribution in [0.25, 0.3) is 11.5 Å². The lowest BCUT2D eigenvalue weighted by atomic mass is 9.98. The topological polar surface area (TPSA) is 42.4 Å². The summed E-state index contributed by atoms with van der Waals surface area (Å²) < 4.78 is 11.0. The highest BCUT2D eigenvalue weighted by Gasteiger charge is 2.31. The highest BCUT2D eigenvalue weighted by Crippen LogP contribution is 2.40. The standard InChI is InChI=1S/C19H16N2O2S2/c1-3-15(22-8-1)19-13(11-20-23-19)12-21-7-5-16-14(6-10-25-16)18(21)17-4-2-9-24-17/h1-4,6,8-11,18H,5,7,12H2/t18-/m0/s1. The number of hydrogen-bond acceptors (Lipinski definition) is 6. The van der Waals surface area contributed by atoms with Gasteiger partial charge in [-0.15, -0.1) is 22.7 Å². The number of fused-ring (bicyclic) bond motifs is 1. The highest BCUT2D eigenvalue weighted by atomic mass is 32.1. The molecule has 0 aliphatic carbocycles. The molecule has 126 valence electrons. The second-order valence-corrected chi connectivity index (χ2v) is 8.07. The Labute approximate surface area is 153 Å². The molecule has 4 aromatic heterocycles.